The lowest BCUT2D eigenvalue weighted by molar-refractivity contribution is -0.121. The number of nitrogens with one attached hydrogen (secondary N) is 1. The van der Waals surface area contributed by atoms with Crippen LogP contribution >= 0.6 is 0 Å². The molecule has 2 aliphatic rings. The second-order valence-electron chi connectivity index (χ2n) is 7.76. The second-order valence-corrected chi connectivity index (χ2v) is 9.53. The molecule has 32 heavy (non-hydrogen) atoms. The summed E-state index contributed by atoms with van der Waals surface area (Å²) in [6, 6.07) is 7.92. The van der Waals surface area contributed by atoms with Crippen LogP contribution in [0.2, 0.25) is 0 Å². The van der Waals surface area contributed by atoms with Crippen molar-refractivity contribution in [3.8, 4) is 5.75 Å². The van der Waals surface area contributed by atoms with Crippen molar-refractivity contribution in [2.75, 3.05) is 11.5 Å². The van der Waals surface area contributed by atoms with Gasteiger partial charge in [0.25, 0.3) is 5.91 Å². The lowest BCUT2D eigenvalue weighted by Crippen LogP contribution is -2.38. The van der Waals surface area contributed by atoms with E-state index >= 15 is 0 Å². The average molecular weight is 455 g/mol. The zero-order valence-electron chi connectivity index (χ0n) is 17.1. The number of aromatic nitrogens is 3. The first kappa shape index (κ1) is 20.6. The minimum absolute atomic E-state index is 0.0201. The quantitative estimate of drug-likeness (QED) is 0.574. The van der Waals surface area contributed by atoms with Crippen LogP contribution in [0.4, 0.5) is 5.69 Å². The van der Waals surface area contributed by atoms with Gasteiger partial charge in [-0.1, -0.05) is 17.6 Å². The van der Waals surface area contributed by atoms with Gasteiger partial charge in [0.05, 0.1) is 17.1 Å². The van der Waals surface area contributed by atoms with Crippen LogP contribution in [0.1, 0.15) is 42.5 Å². The predicted molar refractivity (Wildman–Crippen MR) is 112 cm³/mol. The molecule has 1 aliphatic heterocycles. The van der Waals surface area contributed by atoms with Crippen LogP contribution in [0.5, 0.6) is 5.75 Å². The fourth-order valence-electron chi connectivity index (χ4n) is 3.58. The van der Waals surface area contributed by atoms with Gasteiger partial charge in [-0.05, 0) is 42.7 Å². The summed E-state index contributed by atoms with van der Waals surface area (Å²) in [4.78, 5) is 22.4. The van der Waals surface area contributed by atoms with Gasteiger partial charge in [0.2, 0.25) is 15.9 Å². The standard InChI is InChI=1S/C21H21N5O5S/c27-20-13-30-18-7-6-16(32(28,29)23-11-14-3-2-8-22-10-14)9-17(18)26(20)12-19-24-21(31-25-19)15-4-1-5-15/h2-3,6-10,15,23H,1,4-5,11-13H2. The van der Waals surface area contributed by atoms with Crippen molar-refractivity contribution in [1.82, 2.24) is 19.8 Å². The third-order valence-electron chi connectivity index (χ3n) is 5.61. The molecular weight excluding hydrogens is 434 g/mol. The SMILES string of the molecule is O=C1COc2ccc(S(=O)(=O)NCc3cccnc3)cc2N1Cc1noc(C2CCC2)n1. The number of nitrogens with zero attached hydrogens (tertiary/aromatic N) is 4. The Morgan fingerprint density at radius 1 is 1.22 bits per heavy atom. The maximum absolute atomic E-state index is 12.8. The molecule has 1 fully saturated rings. The highest BCUT2D eigenvalue weighted by molar-refractivity contribution is 7.89. The van der Waals surface area contributed by atoms with Gasteiger partial charge in [0, 0.05) is 24.9 Å². The van der Waals surface area contributed by atoms with Crippen LogP contribution in [-0.4, -0.2) is 36.1 Å². The Bertz CT molecular complexity index is 1240. The number of sulfonamides is 1. The Hall–Kier alpha value is -3.31. The Balaban J connectivity index is 1.38. The van der Waals surface area contributed by atoms with Gasteiger partial charge < -0.3 is 9.26 Å². The summed E-state index contributed by atoms with van der Waals surface area (Å²) in [5, 5.41) is 4.00. The molecule has 0 radical (unpaired) electrons. The van der Waals surface area contributed by atoms with Crippen molar-refractivity contribution in [3.05, 3.63) is 60.0 Å². The largest absolute Gasteiger partial charge is 0.482 e. The summed E-state index contributed by atoms with van der Waals surface area (Å²) in [6.07, 6.45) is 6.39. The number of rotatable bonds is 7. The number of anilines is 1. The summed E-state index contributed by atoms with van der Waals surface area (Å²) in [7, 11) is -3.83. The molecule has 5 rings (SSSR count). The molecule has 1 aliphatic carbocycles. The molecule has 11 heteroatoms. The van der Waals surface area contributed by atoms with E-state index in [1.54, 1.807) is 30.6 Å². The van der Waals surface area contributed by atoms with E-state index in [2.05, 4.69) is 19.8 Å². The van der Waals surface area contributed by atoms with E-state index in [4.69, 9.17) is 9.26 Å². The molecule has 0 spiro atoms. The predicted octanol–water partition coefficient (Wildman–Crippen LogP) is 2.14. The first-order valence-electron chi connectivity index (χ1n) is 10.3. The number of hydrogen-bond donors (Lipinski definition) is 1. The molecule has 2 aromatic heterocycles. The maximum atomic E-state index is 12.8. The Kier molecular flexibility index (Phi) is 5.35. The van der Waals surface area contributed by atoms with Gasteiger partial charge in [0.15, 0.2) is 12.4 Å². The highest BCUT2D eigenvalue weighted by atomic mass is 32.2. The van der Waals surface area contributed by atoms with Crippen LogP contribution < -0.4 is 14.4 Å². The molecular formula is C21H21N5O5S. The number of carbonyl (C=O) groups is 1. The lowest BCUT2D eigenvalue weighted by atomic mass is 9.85. The van der Waals surface area contributed by atoms with Crippen molar-refractivity contribution < 1.29 is 22.5 Å². The number of carbonyl (C=O) groups excluding carboxylic acids is 1. The summed E-state index contributed by atoms with van der Waals surface area (Å²) in [5.41, 5.74) is 1.08. The summed E-state index contributed by atoms with van der Waals surface area (Å²) in [6.45, 7) is 0.0168. The van der Waals surface area contributed by atoms with Gasteiger partial charge in [-0.2, -0.15) is 4.98 Å². The van der Waals surface area contributed by atoms with Crippen LogP contribution in [-0.2, 0) is 27.9 Å². The van der Waals surface area contributed by atoms with E-state index in [1.165, 1.54) is 17.0 Å². The van der Waals surface area contributed by atoms with Crippen LogP contribution in [0.3, 0.4) is 0 Å². The third kappa shape index (κ3) is 4.08. The second kappa shape index (κ2) is 8.32. The molecule has 10 nitrogen and oxygen atoms in total. The normalized spacial score (nSPS) is 16.4. The van der Waals surface area contributed by atoms with Crippen molar-refractivity contribution in [3.63, 3.8) is 0 Å². The van der Waals surface area contributed by atoms with E-state index < -0.39 is 10.0 Å². The van der Waals surface area contributed by atoms with E-state index in [1.807, 2.05) is 0 Å². The molecule has 1 aromatic carbocycles. The van der Waals surface area contributed by atoms with Crippen LogP contribution in [0, 0.1) is 0 Å². The third-order valence-corrected chi connectivity index (χ3v) is 7.01. The highest BCUT2D eigenvalue weighted by Gasteiger charge is 2.30. The monoisotopic (exact) mass is 455 g/mol. The van der Waals surface area contributed by atoms with Crippen molar-refractivity contribution in [2.24, 2.45) is 0 Å². The molecule has 0 bridgehead atoms. The molecule has 0 atom stereocenters. The van der Waals surface area contributed by atoms with E-state index in [0.717, 1.165) is 24.8 Å². The van der Waals surface area contributed by atoms with Crippen molar-refractivity contribution >= 4 is 21.6 Å². The molecule has 1 N–H and O–H groups in total. The van der Waals surface area contributed by atoms with Crippen molar-refractivity contribution in [2.45, 2.75) is 43.2 Å². The Labute approximate surface area is 184 Å². The van der Waals surface area contributed by atoms with Gasteiger partial charge in [-0.25, -0.2) is 13.1 Å². The first-order valence-corrected chi connectivity index (χ1v) is 11.8. The first-order chi connectivity index (χ1) is 15.5. The van der Waals surface area contributed by atoms with Gasteiger partial charge in [-0.3, -0.25) is 14.7 Å². The van der Waals surface area contributed by atoms with Crippen LogP contribution in [0.25, 0.3) is 0 Å². The average Bonchev–Trinajstić information content (AvgIpc) is 3.21. The topological polar surface area (TPSA) is 128 Å². The Morgan fingerprint density at radius 3 is 2.84 bits per heavy atom. The molecule has 1 saturated carbocycles. The number of benzene rings is 1. The molecule has 166 valence electrons. The number of fused-ring (bicyclic) bond motifs is 1. The summed E-state index contributed by atoms with van der Waals surface area (Å²) < 4.78 is 39.1. The zero-order valence-corrected chi connectivity index (χ0v) is 17.9. The summed E-state index contributed by atoms with van der Waals surface area (Å²) in [5.74, 6) is 1.34. The highest BCUT2D eigenvalue weighted by Crippen LogP contribution is 2.37. The number of amides is 1. The zero-order chi connectivity index (χ0) is 22.1. The number of hydrogen-bond acceptors (Lipinski definition) is 8. The smallest absolute Gasteiger partial charge is 0.265 e. The number of pyridine rings is 1. The van der Waals surface area contributed by atoms with E-state index in [-0.39, 0.29) is 36.4 Å². The summed E-state index contributed by atoms with van der Waals surface area (Å²) >= 11 is 0. The van der Waals surface area contributed by atoms with Gasteiger partial charge >= 0.3 is 0 Å². The molecule has 3 heterocycles. The molecule has 0 unspecified atom stereocenters. The minimum atomic E-state index is -3.83. The molecule has 1 amide bonds. The van der Waals surface area contributed by atoms with E-state index in [0.29, 0.717) is 23.2 Å². The molecule has 3 aromatic rings. The van der Waals surface area contributed by atoms with Crippen LogP contribution in [0.15, 0.2) is 52.1 Å². The van der Waals surface area contributed by atoms with Crippen molar-refractivity contribution in [1.29, 1.82) is 0 Å². The van der Waals surface area contributed by atoms with Gasteiger partial charge in [-0.15, -0.1) is 0 Å². The minimum Gasteiger partial charge on any atom is -0.482 e. The Morgan fingerprint density at radius 2 is 2.09 bits per heavy atom. The fraction of sp³-hybridized carbons (Fsp3) is 0.333. The fourth-order valence-corrected chi connectivity index (χ4v) is 4.62. The van der Waals surface area contributed by atoms with E-state index in [9.17, 15) is 13.2 Å². The molecule has 0 saturated heterocycles. The lowest BCUT2D eigenvalue weighted by Gasteiger charge is -2.28. The van der Waals surface area contributed by atoms with Gasteiger partial charge in [0.1, 0.15) is 5.75 Å². The number of ether oxygens (including phenoxy) is 1. The maximum Gasteiger partial charge on any atom is 0.265 e.